The van der Waals surface area contributed by atoms with Crippen molar-refractivity contribution < 1.29 is 0 Å². The maximum atomic E-state index is 5.18. The van der Waals surface area contributed by atoms with Gasteiger partial charge in [0.2, 0.25) is 0 Å². The van der Waals surface area contributed by atoms with Crippen molar-refractivity contribution in [3.63, 3.8) is 0 Å². The minimum absolute atomic E-state index is 0.940. The standard InChI is InChI=1S/C32H23N3S/c1-20-13-15-26(31-29(20)25-16-14-23(19-28(25)36-31)22-9-5-3-6-10-22)32-34-30-21(2)33-18-17-27(30)35(32)24-11-7-4-8-12-24/h3-19H,1-2H3. The third kappa shape index (κ3) is 3.19. The van der Waals surface area contributed by atoms with Crippen LogP contribution in [-0.2, 0) is 0 Å². The summed E-state index contributed by atoms with van der Waals surface area (Å²) in [5, 5.41) is 2.61. The van der Waals surface area contributed by atoms with Gasteiger partial charge in [-0.15, -0.1) is 11.3 Å². The van der Waals surface area contributed by atoms with Crippen LogP contribution in [0.3, 0.4) is 0 Å². The lowest BCUT2D eigenvalue weighted by Crippen LogP contribution is -1.97. The van der Waals surface area contributed by atoms with Gasteiger partial charge in [0.15, 0.2) is 0 Å². The lowest BCUT2D eigenvalue weighted by Gasteiger charge is -2.11. The normalized spacial score (nSPS) is 11.6. The summed E-state index contributed by atoms with van der Waals surface area (Å²) < 4.78 is 4.84. The summed E-state index contributed by atoms with van der Waals surface area (Å²) in [5.74, 6) is 0.951. The quantitative estimate of drug-likeness (QED) is 0.253. The molecule has 0 radical (unpaired) electrons. The van der Waals surface area contributed by atoms with Crippen LogP contribution in [0.1, 0.15) is 11.3 Å². The molecule has 0 N–H and O–H groups in total. The van der Waals surface area contributed by atoms with Crippen LogP contribution in [0.4, 0.5) is 0 Å². The Morgan fingerprint density at radius 1 is 0.750 bits per heavy atom. The molecular formula is C32H23N3S. The maximum absolute atomic E-state index is 5.18. The zero-order valence-electron chi connectivity index (χ0n) is 20.1. The van der Waals surface area contributed by atoms with Gasteiger partial charge >= 0.3 is 0 Å². The summed E-state index contributed by atoms with van der Waals surface area (Å²) in [4.78, 5) is 9.71. The van der Waals surface area contributed by atoms with E-state index >= 15 is 0 Å². The molecule has 0 unspecified atom stereocenters. The summed E-state index contributed by atoms with van der Waals surface area (Å²) in [6.07, 6.45) is 1.87. The van der Waals surface area contributed by atoms with Crippen LogP contribution in [0.25, 0.3) is 59.4 Å². The molecule has 3 aromatic heterocycles. The third-order valence-electron chi connectivity index (χ3n) is 6.95. The predicted molar refractivity (Wildman–Crippen MR) is 152 cm³/mol. The Bertz CT molecular complexity index is 1900. The van der Waals surface area contributed by atoms with Crippen molar-refractivity contribution >= 4 is 42.5 Å². The van der Waals surface area contributed by atoms with Crippen LogP contribution in [0, 0.1) is 13.8 Å². The fourth-order valence-corrected chi connectivity index (χ4v) is 6.51. The van der Waals surface area contributed by atoms with E-state index in [2.05, 4.69) is 114 Å². The number of aryl methyl sites for hydroxylation is 2. The Kier molecular flexibility index (Phi) is 4.76. The molecule has 172 valence electrons. The van der Waals surface area contributed by atoms with E-state index in [0.29, 0.717) is 0 Å². The molecule has 0 fully saturated rings. The van der Waals surface area contributed by atoms with Crippen LogP contribution in [0.15, 0.2) is 103 Å². The average molecular weight is 482 g/mol. The van der Waals surface area contributed by atoms with E-state index in [4.69, 9.17) is 4.98 Å². The minimum Gasteiger partial charge on any atom is -0.292 e. The van der Waals surface area contributed by atoms with Gasteiger partial charge in [-0.2, -0.15) is 0 Å². The zero-order chi connectivity index (χ0) is 24.2. The second-order valence-corrected chi connectivity index (χ2v) is 10.2. The summed E-state index contributed by atoms with van der Waals surface area (Å²) in [6.45, 7) is 4.24. The Labute approximate surface area is 213 Å². The molecule has 0 saturated heterocycles. The number of nitrogens with zero attached hydrogens (tertiary/aromatic N) is 3. The maximum Gasteiger partial charge on any atom is 0.147 e. The molecule has 7 rings (SSSR count). The predicted octanol–water partition coefficient (Wildman–Crippen LogP) is 8.74. The number of pyridine rings is 1. The van der Waals surface area contributed by atoms with Gasteiger partial charge < -0.3 is 0 Å². The second kappa shape index (κ2) is 8.14. The number of thiophene rings is 1. The first-order valence-electron chi connectivity index (χ1n) is 12.1. The number of benzene rings is 4. The summed E-state index contributed by atoms with van der Waals surface area (Å²) in [5.41, 5.74) is 8.97. The van der Waals surface area contributed by atoms with Gasteiger partial charge in [0.1, 0.15) is 11.3 Å². The Morgan fingerprint density at radius 3 is 2.33 bits per heavy atom. The van der Waals surface area contributed by atoms with Gasteiger partial charge in [-0.25, -0.2) is 4.98 Å². The van der Waals surface area contributed by atoms with Gasteiger partial charge in [-0.3, -0.25) is 9.55 Å². The first-order valence-corrected chi connectivity index (χ1v) is 12.9. The number of aromatic nitrogens is 3. The van der Waals surface area contributed by atoms with Crippen LogP contribution in [0.5, 0.6) is 0 Å². The smallest absolute Gasteiger partial charge is 0.147 e. The summed E-state index contributed by atoms with van der Waals surface area (Å²) in [7, 11) is 0. The highest BCUT2D eigenvalue weighted by Crippen LogP contribution is 2.43. The molecule has 3 heterocycles. The number of rotatable bonds is 3. The highest BCUT2D eigenvalue weighted by Gasteiger charge is 2.20. The average Bonchev–Trinajstić information content (AvgIpc) is 3.50. The summed E-state index contributed by atoms with van der Waals surface area (Å²) >= 11 is 1.86. The molecule has 0 bridgehead atoms. The van der Waals surface area contributed by atoms with Gasteiger partial charge in [0, 0.05) is 37.6 Å². The highest BCUT2D eigenvalue weighted by molar-refractivity contribution is 7.26. The van der Waals surface area contributed by atoms with Crippen LogP contribution in [-0.4, -0.2) is 14.5 Å². The van der Waals surface area contributed by atoms with Crippen LogP contribution in [0.2, 0.25) is 0 Å². The van der Waals surface area contributed by atoms with Gasteiger partial charge in [-0.05, 0) is 60.9 Å². The third-order valence-corrected chi connectivity index (χ3v) is 8.13. The Hall–Kier alpha value is -4.28. The highest BCUT2D eigenvalue weighted by atomic mass is 32.1. The van der Waals surface area contributed by atoms with E-state index in [1.54, 1.807) is 0 Å². The molecular weight excluding hydrogens is 458 g/mol. The molecule has 0 aliphatic heterocycles. The van der Waals surface area contributed by atoms with Crippen molar-refractivity contribution in [2.24, 2.45) is 0 Å². The molecule has 0 aliphatic carbocycles. The molecule has 0 aliphatic rings. The van der Waals surface area contributed by atoms with Crippen molar-refractivity contribution in [2.45, 2.75) is 13.8 Å². The number of hydrogen-bond donors (Lipinski definition) is 0. The van der Waals surface area contributed by atoms with Crippen LogP contribution >= 0.6 is 11.3 Å². The lowest BCUT2D eigenvalue weighted by atomic mass is 10.0. The second-order valence-electron chi connectivity index (χ2n) is 9.18. The number of hydrogen-bond acceptors (Lipinski definition) is 3. The van der Waals surface area contributed by atoms with Gasteiger partial charge in [-0.1, -0.05) is 66.7 Å². The van der Waals surface area contributed by atoms with E-state index in [9.17, 15) is 0 Å². The largest absolute Gasteiger partial charge is 0.292 e. The molecule has 0 amide bonds. The number of para-hydroxylation sites is 1. The van der Waals surface area contributed by atoms with E-state index in [1.165, 1.54) is 36.9 Å². The fourth-order valence-electron chi connectivity index (χ4n) is 5.18. The van der Waals surface area contributed by atoms with Crippen molar-refractivity contribution in [1.82, 2.24) is 14.5 Å². The molecule has 0 saturated carbocycles. The SMILES string of the molecule is Cc1nccc2c1nc(-c1ccc(C)c3c1sc1cc(-c4ccccc4)ccc13)n2-c1ccccc1. The monoisotopic (exact) mass is 481 g/mol. The number of imidazole rings is 1. The topological polar surface area (TPSA) is 30.7 Å². The fraction of sp³-hybridized carbons (Fsp3) is 0.0625. The van der Waals surface area contributed by atoms with Crippen molar-refractivity contribution in [2.75, 3.05) is 0 Å². The molecule has 0 atom stereocenters. The molecule has 36 heavy (non-hydrogen) atoms. The molecule has 0 spiro atoms. The summed E-state index contributed by atoms with van der Waals surface area (Å²) in [6, 6.07) is 34.5. The van der Waals surface area contributed by atoms with Crippen molar-refractivity contribution in [3.8, 4) is 28.2 Å². The van der Waals surface area contributed by atoms with Gasteiger partial charge in [0.05, 0.1) is 11.2 Å². The molecule has 7 aromatic rings. The van der Waals surface area contributed by atoms with Gasteiger partial charge in [0.25, 0.3) is 0 Å². The van der Waals surface area contributed by atoms with Crippen LogP contribution < -0.4 is 0 Å². The lowest BCUT2D eigenvalue weighted by molar-refractivity contribution is 1.10. The van der Waals surface area contributed by atoms with E-state index in [0.717, 1.165) is 33.8 Å². The van der Waals surface area contributed by atoms with E-state index < -0.39 is 0 Å². The molecule has 4 heteroatoms. The van der Waals surface area contributed by atoms with Crippen molar-refractivity contribution in [3.05, 3.63) is 115 Å². The first kappa shape index (κ1) is 21.0. The van der Waals surface area contributed by atoms with E-state index in [-0.39, 0.29) is 0 Å². The zero-order valence-corrected chi connectivity index (χ0v) is 20.9. The molecule has 3 nitrogen and oxygen atoms in total. The Balaban J connectivity index is 1.54. The molecule has 4 aromatic carbocycles. The minimum atomic E-state index is 0.940. The first-order chi connectivity index (χ1) is 17.7. The number of fused-ring (bicyclic) bond motifs is 4. The Morgan fingerprint density at radius 2 is 1.53 bits per heavy atom. The van der Waals surface area contributed by atoms with Crippen molar-refractivity contribution in [1.29, 1.82) is 0 Å². The van der Waals surface area contributed by atoms with E-state index in [1.807, 2.05) is 24.5 Å².